The molecule has 11 heteroatoms. The number of nitrogens with one attached hydrogen (secondary N) is 2. The standard InChI is InChI=1S/C20H24N6O4S/c1-30-19-7-3-2-6-16(19)22-20(27)21-10-13-26-18-9-8-15(14-17(18)23-24-26)31(28,29)25-11-4-5-12-25/h2-3,6-9,14H,4-5,10-13H2,1H3,(H2,21,22,27). The summed E-state index contributed by atoms with van der Waals surface area (Å²) in [6.45, 7) is 1.80. The highest BCUT2D eigenvalue weighted by molar-refractivity contribution is 7.89. The van der Waals surface area contributed by atoms with Crippen LogP contribution in [-0.2, 0) is 16.6 Å². The van der Waals surface area contributed by atoms with Gasteiger partial charge in [-0.15, -0.1) is 5.10 Å². The summed E-state index contributed by atoms with van der Waals surface area (Å²) >= 11 is 0. The number of fused-ring (bicyclic) bond motifs is 1. The molecular weight excluding hydrogens is 420 g/mol. The van der Waals surface area contributed by atoms with Crippen LogP contribution in [0.2, 0.25) is 0 Å². The molecule has 1 aliphatic rings. The van der Waals surface area contributed by atoms with Crippen molar-refractivity contribution in [3.05, 3.63) is 42.5 Å². The molecule has 164 valence electrons. The Labute approximate surface area is 180 Å². The average Bonchev–Trinajstić information content (AvgIpc) is 3.45. The number of nitrogens with zero attached hydrogens (tertiary/aromatic N) is 4. The van der Waals surface area contributed by atoms with Gasteiger partial charge in [0, 0.05) is 19.6 Å². The minimum absolute atomic E-state index is 0.225. The molecule has 3 aromatic rings. The first kappa shape index (κ1) is 21.1. The Balaban J connectivity index is 1.39. The maximum absolute atomic E-state index is 12.7. The van der Waals surface area contributed by atoms with Crippen molar-refractivity contribution in [1.82, 2.24) is 24.6 Å². The van der Waals surface area contributed by atoms with Gasteiger partial charge in [0.1, 0.15) is 11.3 Å². The van der Waals surface area contributed by atoms with Crippen LogP contribution in [0.4, 0.5) is 10.5 Å². The molecule has 2 heterocycles. The quantitative estimate of drug-likeness (QED) is 0.576. The van der Waals surface area contributed by atoms with Gasteiger partial charge in [-0.3, -0.25) is 0 Å². The molecule has 4 rings (SSSR count). The number of aromatic nitrogens is 3. The smallest absolute Gasteiger partial charge is 0.319 e. The average molecular weight is 445 g/mol. The number of methoxy groups -OCH3 is 1. The van der Waals surface area contributed by atoms with Gasteiger partial charge in [0.05, 0.1) is 29.8 Å². The molecule has 1 saturated heterocycles. The number of anilines is 1. The molecular formula is C20H24N6O4S. The lowest BCUT2D eigenvalue weighted by Crippen LogP contribution is -2.31. The molecule has 0 radical (unpaired) electrons. The molecule has 10 nitrogen and oxygen atoms in total. The number of ether oxygens (including phenoxy) is 1. The predicted octanol–water partition coefficient (Wildman–Crippen LogP) is 2.05. The van der Waals surface area contributed by atoms with Crippen molar-refractivity contribution < 1.29 is 17.9 Å². The molecule has 2 aromatic carbocycles. The minimum atomic E-state index is -3.50. The maximum Gasteiger partial charge on any atom is 0.319 e. The van der Waals surface area contributed by atoms with Crippen molar-refractivity contribution in [1.29, 1.82) is 0 Å². The van der Waals surface area contributed by atoms with Crippen molar-refractivity contribution in [3.8, 4) is 5.75 Å². The molecule has 0 unspecified atom stereocenters. The van der Waals surface area contributed by atoms with E-state index in [0.717, 1.165) is 12.8 Å². The van der Waals surface area contributed by atoms with Crippen LogP contribution in [0.5, 0.6) is 5.75 Å². The van der Waals surface area contributed by atoms with E-state index in [0.29, 0.717) is 48.6 Å². The van der Waals surface area contributed by atoms with Crippen LogP contribution in [-0.4, -0.2) is 60.5 Å². The Bertz CT molecular complexity index is 1190. The summed E-state index contributed by atoms with van der Waals surface area (Å²) in [5, 5.41) is 13.7. The molecule has 0 saturated carbocycles. The molecule has 0 aliphatic carbocycles. The highest BCUT2D eigenvalue weighted by atomic mass is 32.2. The van der Waals surface area contributed by atoms with Crippen LogP contribution >= 0.6 is 0 Å². The number of hydrogen-bond donors (Lipinski definition) is 2. The lowest BCUT2D eigenvalue weighted by Gasteiger charge is -2.15. The number of carbonyl (C=O) groups excluding carboxylic acids is 1. The van der Waals surface area contributed by atoms with Gasteiger partial charge in [0.25, 0.3) is 0 Å². The zero-order valence-electron chi connectivity index (χ0n) is 17.1. The fraction of sp³-hybridized carbons (Fsp3) is 0.350. The predicted molar refractivity (Wildman–Crippen MR) is 116 cm³/mol. The third-order valence-electron chi connectivity index (χ3n) is 5.15. The fourth-order valence-electron chi connectivity index (χ4n) is 3.54. The molecule has 0 atom stereocenters. The Morgan fingerprint density at radius 2 is 1.94 bits per heavy atom. The first-order valence-corrected chi connectivity index (χ1v) is 11.4. The summed E-state index contributed by atoms with van der Waals surface area (Å²) < 4.78 is 33.8. The third kappa shape index (κ3) is 4.47. The van der Waals surface area contributed by atoms with E-state index in [2.05, 4.69) is 20.9 Å². The van der Waals surface area contributed by atoms with Gasteiger partial charge in [-0.1, -0.05) is 17.3 Å². The second-order valence-corrected chi connectivity index (χ2v) is 9.09. The van der Waals surface area contributed by atoms with Crippen molar-refractivity contribution in [2.45, 2.75) is 24.3 Å². The van der Waals surface area contributed by atoms with E-state index >= 15 is 0 Å². The Morgan fingerprint density at radius 1 is 1.16 bits per heavy atom. The molecule has 0 spiro atoms. The SMILES string of the molecule is COc1ccccc1NC(=O)NCCn1nnc2cc(S(=O)(=O)N3CCCC3)ccc21. The van der Waals surface area contributed by atoms with E-state index in [4.69, 9.17) is 4.74 Å². The van der Waals surface area contributed by atoms with E-state index in [1.165, 1.54) is 11.4 Å². The lowest BCUT2D eigenvalue weighted by molar-refractivity contribution is 0.251. The van der Waals surface area contributed by atoms with Gasteiger partial charge in [0.15, 0.2) is 0 Å². The van der Waals surface area contributed by atoms with Gasteiger partial charge in [-0.05, 0) is 43.2 Å². The number of benzene rings is 2. The Kier molecular flexibility index (Phi) is 6.05. The number of amides is 2. The van der Waals surface area contributed by atoms with Crippen LogP contribution < -0.4 is 15.4 Å². The molecule has 0 bridgehead atoms. The molecule has 1 aromatic heterocycles. The Morgan fingerprint density at radius 3 is 2.71 bits per heavy atom. The van der Waals surface area contributed by atoms with E-state index in [9.17, 15) is 13.2 Å². The molecule has 1 fully saturated rings. The van der Waals surface area contributed by atoms with Crippen molar-refractivity contribution in [2.24, 2.45) is 0 Å². The zero-order valence-corrected chi connectivity index (χ0v) is 17.9. The van der Waals surface area contributed by atoms with Crippen molar-refractivity contribution in [2.75, 3.05) is 32.1 Å². The van der Waals surface area contributed by atoms with Gasteiger partial charge < -0.3 is 15.4 Å². The highest BCUT2D eigenvalue weighted by Crippen LogP contribution is 2.24. The number of hydrogen-bond acceptors (Lipinski definition) is 6. The first-order chi connectivity index (χ1) is 15.0. The number of carbonyl (C=O) groups is 1. The van der Waals surface area contributed by atoms with Gasteiger partial charge >= 0.3 is 6.03 Å². The van der Waals surface area contributed by atoms with E-state index in [1.807, 2.05) is 6.07 Å². The summed E-state index contributed by atoms with van der Waals surface area (Å²) in [6, 6.07) is 11.6. The normalized spacial score (nSPS) is 14.6. The largest absolute Gasteiger partial charge is 0.495 e. The van der Waals surface area contributed by atoms with Crippen LogP contribution in [0.1, 0.15) is 12.8 Å². The van der Waals surface area contributed by atoms with Gasteiger partial charge in [0.2, 0.25) is 10.0 Å². The van der Waals surface area contributed by atoms with Crippen LogP contribution in [0, 0.1) is 0 Å². The number of urea groups is 1. The van der Waals surface area contributed by atoms with Crippen LogP contribution in [0.25, 0.3) is 11.0 Å². The minimum Gasteiger partial charge on any atom is -0.495 e. The van der Waals surface area contributed by atoms with Gasteiger partial charge in [-0.25, -0.2) is 17.9 Å². The van der Waals surface area contributed by atoms with Crippen molar-refractivity contribution >= 4 is 32.8 Å². The monoisotopic (exact) mass is 444 g/mol. The number of rotatable bonds is 7. The summed E-state index contributed by atoms with van der Waals surface area (Å²) in [6.07, 6.45) is 1.77. The highest BCUT2D eigenvalue weighted by Gasteiger charge is 2.27. The summed E-state index contributed by atoms with van der Waals surface area (Å²) in [5.74, 6) is 0.569. The van der Waals surface area contributed by atoms with Crippen LogP contribution in [0.15, 0.2) is 47.4 Å². The fourth-order valence-corrected chi connectivity index (χ4v) is 5.08. The van der Waals surface area contributed by atoms with E-state index in [1.54, 1.807) is 41.1 Å². The van der Waals surface area contributed by atoms with Crippen molar-refractivity contribution in [3.63, 3.8) is 0 Å². The number of para-hydroxylation sites is 2. The van der Waals surface area contributed by atoms with E-state index < -0.39 is 10.0 Å². The topological polar surface area (TPSA) is 118 Å². The summed E-state index contributed by atoms with van der Waals surface area (Å²) in [7, 11) is -1.97. The van der Waals surface area contributed by atoms with E-state index in [-0.39, 0.29) is 10.9 Å². The molecule has 31 heavy (non-hydrogen) atoms. The molecule has 2 N–H and O–H groups in total. The maximum atomic E-state index is 12.7. The third-order valence-corrected chi connectivity index (χ3v) is 7.05. The molecule has 2 amide bonds. The zero-order chi connectivity index (χ0) is 21.8. The summed E-state index contributed by atoms with van der Waals surface area (Å²) in [4.78, 5) is 12.4. The summed E-state index contributed by atoms with van der Waals surface area (Å²) in [5.41, 5.74) is 1.77. The van der Waals surface area contributed by atoms with Gasteiger partial charge in [-0.2, -0.15) is 4.31 Å². The molecule has 1 aliphatic heterocycles. The second kappa shape index (κ2) is 8.90. The lowest BCUT2D eigenvalue weighted by atomic mass is 10.3. The Hall–Kier alpha value is -3.18. The second-order valence-electron chi connectivity index (χ2n) is 7.16. The van der Waals surface area contributed by atoms with Crippen LogP contribution in [0.3, 0.4) is 0 Å². The number of sulfonamides is 1. The first-order valence-electron chi connectivity index (χ1n) is 10.0.